The maximum atomic E-state index is 15.6. The summed E-state index contributed by atoms with van der Waals surface area (Å²) in [6, 6.07) is 8.77. The number of hydrogen-bond acceptors (Lipinski definition) is 13. The van der Waals surface area contributed by atoms with Gasteiger partial charge in [-0.1, -0.05) is 63.9 Å². The molecule has 3 aliphatic heterocycles. The summed E-state index contributed by atoms with van der Waals surface area (Å²) in [5, 5.41) is 25.1. The molecule has 2 aromatic carbocycles. The van der Waals surface area contributed by atoms with Crippen LogP contribution in [0.15, 0.2) is 59.4 Å². The highest BCUT2D eigenvalue weighted by atomic mass is 19.1. The van der Waals surface area contributed by atoms with Crippen molar-refractivity contribution in [2.75, 3.05) is 33.2 Å². The van der Waals surface area contributed by atoms with E-state index in [1.165, 1.54) is 22.8 Å². The van der Waals surface area contributed by atoms with Gasteiger partial charge in [-0.3, -0.25) is 48.1 Å². The van der Waals surface area contributed by atoms with Crippen LogP contribution in [0.1, 0.15) is 111 Å². The number of carbonyl (C=O) groups excluding carboxylic acids is 9. The molecule has 0 spiro atoms. The Morgan fingerprint density at radius 2 is 1.55 bits per heavy atom. The minimum absolute atomic E-state index is 0.0179. The quantitative estimate of drug-likeness (QED) is 0.0329. The zero-order valence-corrected chi connectivity index (χ0v) is 44.2. The van der Waals surface area contributed by atoms with E-state index in [2.05, 4.69) is 26.6 Å². The number of unbranched alkanes of at least 4 members (excludes halogenated alkanes) is 2. The molecule has 4 aromatic rings. The third-order valence-corrected chi connectivity index (χ3v) is 15.4. The Morgan fingerprint density at radius 3 is 2.26 bits per heavy atom. The minimum Gasteiger partial charge on any atom is -0.458 e. The number of fused-ring (bicyclic) bond motifs is 5. The van der Waals surface area contributed by atoms with E-state index in [1.807, 2.05) is 13.8 Å². The molecule has 0 saturated heterocycles. The summed E-state index contributed by atoms with van der Waals surface area (Å²) in [6.07, 6.45) is 5.22. The number of cyclic esters (lactones) is 1. The van der Waals surface area contributed by atoms with Crippen molar-refractivity contribution < 1.29 is 57.4 Å². The number of amides is 8. The fourth-order valence-electron chi connectivity index (χ4n) is 10.7. The van der Waals surface area contributed by atoms with Gasteiger partial charge >= 0.3 is 5.97 Å². The molecule has 5 atom stereocenters. The Kier molecular flexibility index (Phi) is 17.0. The van der Waals surface area contributed by atoms with Gasteiger partial charge in [-0.05, 0) is 73.3 Å². The Hall–Kier alpha value is -8.14. The molecule has 0 bridgehead atoms. The van der Waals surface area contributed by atoms with Gasteiger partial charge in [0.15, 0.2) is 5.60 Å². The summed E-state index contributed by atoms with van der Waals surface area (Å²) < 4.78 is 22.4. The molecule has 78 heavy (non-hydrogen) atoms. The first kappa shape index (κ1) is 56.1. The average molecular weight is 1070 g/mol. The first-order valence-corrected chi connectivity index (χ1v) is 26.3. The van der Waals surface area contributed by atoms with Crippen molar-refractivity contribution in [3.05, 3.63) is 110 Å². The van der Waals surface area contributed by atoms with Crippen LogP contribution in [0.3, 0.4) is 0 Å². The molecule has 22 heteroatoms. The van der Waals surface area contributed by atoms with Gasteiger partial charge in [-0.25, -0.2) is 14.2 Å². The number of imide groups is 1. The van der Waals surface area contributed by atoms with Crippen molar-refractivity contribution >= 4 is 64.1 Å². The number of aromatic nitrogens is 2. The lowest BCUT2D eigenvalue weighted by Crippen LogP contribution is -2.55. The van der Waals surface area contributed by atoms with Crippen LogP contribution in [-0.2, 0) is 79.5 Å². The second-order valence-electron chi connectivity index (χ2n) is 20.3. The van der Waals surface area contributed by atoms with Crippen molar-refractivity contribution in [1.29, 1.82) is 0 Å². The number of pyridine rings is 2. The lowest BCUT2D eigenvalue weighted by atomic mass is 9.80. The molecule has 0 fully saturated rings. The molecule has 6 N–H and O–H groups in total. The third-order valence-electron chi connectivity index (χ3n) is 15.4. The normalized spacial score (nSPS) is 18.0. The monoisotopic (exact) mass is 1070 g/mol. The van der Waals surface area contributed by atoms with E-state index in [9.17, 15) is 53.1 Å². The fraction of sp³-hybridized carbons (Fsp3) is 0.446. The molecule has 4 aliphatic rings. The third kappa shape index (κ3) is 11.4. The summed E-state index contributed by atoms with van der Waals surface area (Å²) in [5.74, 6) is -6.14. The highest BCUT2D eigenvalue weighted by molar-refractivity contribution is 6.12. The number of nitrogens with one attached hydrogen (secondary N) is 5. The highest BCUT2D eigenvalue weighted by Gasteiger charge is 2.46. The number of rotatable bonds is 22. The van der Waals surface area contributed by atoms with E-state index in [0.717, 1.165) is 10.5 Å². The summed E-state index contributed by atoms with van der Waals surface area (Å²) in [5.41, 5.74) is 1.80. The number of ether oxygens (including phenoxy) is 1. The van der Waals surface area contributed by atoms with E-state index < -0.39 is 102 Å². The summed E-state index contributed by atoms with van der Waals surface area (Å²) in [6.45, 7) is 5.39. The summed E-state index contributed by atoms with van der Waals surface area (Å²) in [4.78, 5) is 139. The number of nitrogens with zero attached hydrogens (tertiary/aromatic N) is 4. The number of carbonyl (C=O) groups is 9. The fourth-order valence-corrected chi connectivity index (χ4v) is 10.7. The zero-order chi connectivity index (χ0) is 56.2. The van der Waals surface area contributed by atoms with Crippen molar-refractivity contribution in [2.45, 2.75) is 122 Å². The molecular weight excluding hydrogens is 1010 g/mol. The van der Waals surface area contributed by atoms with Crippen LogP contribution < -0.4 is 32.1 Å². The van der Waals surface area contributed by atoms with Crippen LogP contribution in [0, 0.1) is 18.7 Å². The van der Waals surface area contributed by atoms with Crippen molar-refractivity contribution in [3.63, 3.8) is 0 Å². The average Bonchev–Trinajstić information content (AvgIpc) is 4.16. The van der Waals surface area contributed by atoms with Gasteiger partial charge in [0, 0.05) is 61.2 Å². The Bertz CT molecular complexity index is 3200. The van der Waals surface area contributed by atoms with Gasteiger partial charge in [-0.15, -0.1) is 0 Å². The molecule has 1 unspecified atom stereocenters. The van der Waals surface area contributed by atoms with Crippen LogP contribution in [0.4, 0.5) is 4.39 Å². The van der Waals surface area contributed by atoms with E-state index in [4.69, 9.17) is 9.72 Å². The molecule has 1 aliphatic carbocycles. The summed E-state index contributed by atoms with van der Waals surface area (Å²) >= 11 is 0. The van der Waals surface area contributed by atoms with Gasteiger partial charge in [0.1, 0.15) is 24.5 Å². The standard InChI is InChI=1S/C56H64FN9O12/c1-6-30(3)50(63-45(70)27-60-52(73)39(22-32-14-10-8-11-15-32)61-44(69)26-59-43(68)25-58-42(67)16-12-9-13-21-65-46(71)19-20-47(65)72)54(75)64(5)40-18-17-33-31(4)37(57)24-38-48(33)49(40)34-28-66-41(51(34)62-38)23-36-35(53(66)74)29-78-55(76)56(36,77)7-2/h8,10-11,14-15,19-20,23-24,30,39-40,50,77H,6-7,9,12-13,16-18,21-22,25-29H2,1-5H3,(H,58,67)(H,59,68)(H,60,73)(H,61,69)(H,63,70)/t30?,39-,40-,50-,56-/m0/s1. The van der Waals surface area contributed by atoms with Crippen LogP contribution >= 0.6 is 0 Å². The van der Waals surface area contributed by atoms with Gasteiger partial charge in [0.2, 0.25) is 35.4 Å². The predicted octanol–water partition coefficient (Wildman–Crippen LogP) is 2.07. The maximum Gasteiger partial charge on any atom is 0.343 e. The summed E-state index contributed by atoms with van der Waals surface area (Å²) in [7, 11) is 1.62. The first-order valence-electron chi connectivity index (χ1n) is 26.3. The number of aryl methyl sites for hydroxylation is 1. The number of benzene rings is 2. The Morgan fingerprint density at radius 1 is 0.872 bits per heavy atom. The molecule has 412 valence electrons. The van der Waals surface area contributed by atoms with Crippen LogP contribution in [0.2, 0.25) is 0 Å². The van der Waals surface area contributed by atoms with E-state index >= 15 is 4.39 Å². The van der Waals surface area contributed by atoms with Crippen molar-refractivity contribution in [3.8, 4) is 11.4 Å². The lowest BCUT2D eigenvalue weighted by Gasteiger charge is -2.38. The number of hydrogen-bond donors (Lipinski definition) is 6. The lowest BCUT2D eigenvalue weighted by molar-refractivity contribution is -0.172. The van der Waals surface area contributed by atoms with Gasteiger partial charge in [0.05, 0.1) is 54.7 Å². The van der Waals surface area contributed by atoms with E-state index in [1.54, 1.807) is 62.2 Å². The molecule has 5 heterocycles. The second kappa shape index (κ2) is 23.6. The Labute approximate surface area is 448 Å². The first-order chi connectivity index (χ1) is 37.3. The minimum atomic E-state index is -2.07. The molecule has 8 amide bonds. The smallest absolute Gasteiger partial charge is 0.343 e. The molecule has 0 radical (unpaired) electrons. The van der Waals surface area contributed by atoms with E-state index in [0.29, 0.717) is 83.1 Å². The zero-order valence-electron chi connectivity index (χ0n) is 44.2. The molecule has 8 rings (SSSR count). The SMILES string of the molecule is CCC(C)[C@H](NC(=O)CNC(=O)[C@H](Cc1ccccc1)NC(=O)CNC(=O)CNC(=O)CCCCCN1C(=O)C=CC1=O)C(=O)N(C)[C@H]1CCc2c(C)c(F)cc3nc4c(c1c23)Cn1c-4cc2c(c1=O)COC(=O)[C@]2(O)CC. The number of likely N-dealkylation sites (N-methyl/N-ethyl adjacent to an activating group) is 1. The highest BCUT2D eigenvalue weighted by Crippen LogP contribution is 2.47. The van der Waals surface area contributed by atoms with Gasteiger partial charge in [-0.2, -0.15) is 0 Å². The van der Waals surface area contributed by atoms with Crippen LogP contribution in [0.25, 0.3) is 22.3 Å². The number of aliphatic hydroxyl groups is 1. The van der Waals surface area contributed by atoms with E-state index in [-0.39, 0.29) is 61.9 Å². The topological polar surface area (TPSA) is 285 Å². The molecule has 2 aromatic heterocycles. The number of halogens is 1. The largest absolute Gasteiger partial charge is 0.458 e. The van der Waals surface area contributed by atoms with Crippen LogP contribution in [-0.4, -0.2) is 123 Å². The van der Waals surface area contributed by atoms with Crippen molar-refractivity contribution in [1.82, 2.24) is 45.9 Å². The van der Waals surface area contributed by atoms with Crippen molar-refractivity contribution in [2.24, 2.45) is 5.92 Å². The Balaban J connectivity index is 0.913. The van der Waals surface area contributed by atoms with Crippen LogP contribution in [0.5, 0.6) is 0 Å². The number of esters is 1. The maximum absolute atomic E-state index is 15.6. The predicted molar refractivity (Wildman–Crippen MR) is 280 cm³/mol. The molecule has 0 saturated carbocycles. The van der Waals surface area contributed by atoms with Gasteiger partial charge < -0.3 is 45.9 Å². The molecular formula is C56H64FN9O12. The molecule has 21 nitrogen and oxygen atoms in total. The van der Waals surface area contributed by atoms with Gasteiger partial charge in [0.25, 0.3) is 17.4 Å². The second-order valence-corrected chi connectivity index (χ2v) is 20.3.